The monoisotopic (exact) mass is 401 g/mol. The van der Waals surface area contributed by atoms with Gasteiger partial charge in [-0.25, -0.2) is 8.42 Å². The summed E-state index contributed by atoms with van der Waals surface area (Å²) in [5.41, 5.74) is 2.77. The Hall–Kier alpha value is -2.87. The molecular formula is C20H23N3O4S. The second kappa shape index (κ2) is 8.02. The van der Waals surface area contributed by atoms with Crippen LogP contribution in [0.2, 0.25) is 0 Å². The summed E-state index contributed by atoms with van der Waals surface area (Å²) < 4.78 is 27.7. The van der Waals surface area contributed by atoms with Gasteiger partial charge in [0.25, 0.3) is 10.0 Å². The molecule has 0 radical (unpaired) electrons. The molecule has 1 heterocycles. The molecule has 2 aromatic rings. The molecule has 0 bridgehead atoms. The maximum atomic E-state index is 13.2. The van der Waals surface area contributed by atoms with Gasteiger partial charge >= 0.3 is 11.8 Å². The first kappa shape index (κ1) is 19.9. The standard InChI is InChI=1S/C20H23N3O4S/c1-3-21-19(24)20(25)22-16-9-8-15-5-4-12-23(18(15)13-16)28(26,27)17-10-6-14(2)7-11-17/h6-11,13H,3-5,12H2,1-2H3,(H,21,24)(H,22,25). The fraction of sp³-hybridized carbons (Fsp3) is 0.300. The average molecular weight is 401 g/mol. The van der Waals surface area contributed by atoms with Crippen LogP contribution in [0, 0.1) is 6.92 Å². The van der Waals surface area contributed by atoms with Gasteiger partial charge in [0.15, 0.2) is 0 Å². The maximum absolute atomic E-state index is 13.2. The van der Waals surface area contributed by atoms with Crippen LogP contribution < -0.4 is 14.9 Å². The second-order valence-electron chi connectivity index (χ2n) is 6.65. The number of fused-ring (bicyclic) bond motifs is 1. The summed E-state index contributed by atoms with van der Waals surface area (Å²) in [5, 5.41) is 4.95. The zero-order chi connectivity index (χ0) is 20.3. The van der Waals surface area contributed by atoms with Crippen LogP contribution in [-0.2, 0) is 26.0 Å². The molecule has 0 atom stereocenters. The van der Waals surface area contributed by atoms with Gasteiger partial charge in [-0.05, 0) is 56.5 Å². The van der Waals surface area contributed by atoms with E-state index in [1.165, 1.54) is 4.31 Å². The number of rotatable bonds is 4. The van der Waals surface area contributed by atoms with Crippen molar-refractivity contribution in [3.05, 3.63) is 53.6 Å². The molecule has 0 spiro atoms. The summed E-state index contributed by atoms with van der Waals surface area (Å²) in [4.78, 5) is 23.8. The third kappa shape index (κ3) is 4.01. The Kier molecular flexibility index (Phi) is 5.69. The van der Waals surface area contributed by atoms with Gasteiger partial charge in [0.1, 0.15) is 0 Å². The number of hydrogen-bond acceptors (Lipinski definition) is 4. The number of nitrogens with one attached hydrogen (secondary N) is 2. The van der Waals surface area contributed by atoms with E-state index in [9.17, 15) is 18.0 Å². The molecule has 0 saturated carbocycles. The van der Waals surface area contributed by atoms with E-state index in [2.05, 4.69) is 10.6 Å². The van der Waals surface area contributed by atoms with E-state index in [-0.39, 0.29) is 4.90 Å². The van der Waals surface area contributed by atoms with Crippen molar-refractivity contribution in [2.45, 2.75) is 31.6 Å². The fourth-order valence-electron chi connectivity index (χ4n) is 3.13. The zero-order valence-electron chi connectivity index (χ0n) is 15.9. The van der Waals surface area contributed by atoms with Gasteiger partial charge in [-0.3, -0.25) is 13.9 Å². The maximum Gasteiger partial charge on any atom is 0.313 e. The lowest BCUT2D eigenvalue weighted by atomic mass is 10.0. The highest BCUT2D eigenvalue weighted by Crippen LogP contribution is 2.34. The molecule has 0 aliphatic carbocycles. The van der Waals surface area contributed by atoms with E-state index in [4.69, 9.17) is 0 Å². The molecule has 2 amide bonds. The number of sulfonamides is 1. The van der Waals surface area contributed by atoms with Crippen LogP contribution in [0.15, 0.2) is 47.4 Å². The number of amides is 2. The van der Waals surface area contributed by atoms with Crippen LogP contribution >= 0.6 is 0 Å². The van der Waals surface area contributed by atoms with Crippen molar-refractivity contribution in [1.82, 2.24) is 5.32 Å². The average Bonchev–Trinajstić information content (AvgIpc) is 2.68. The molecule has 148 valence electrons. The van der Waals surface area contributed by atoms with E-state index >= 15 is 0 Å². The van der Waals surface area contributed by atoms with Crippen molar-refractivity contribution in [2.75, 3.05) is 22.7 Å². The van der Waals surface area contributed by atoms with E-state index < -0.39 is 21.8 Å². The summed E-state index contributed by atoms with van der Waals surface area (Å²) in [5.74, 6) is -1.52. The van der Waals surface area contributed by atoms with Crippen LogP contribution in [0.3, 0.4) is 0 Å². The molecule has 0 unspecified atom stereocenters. The molecule has 0 aromatic heterocycles. The molecular weight excluding hydrogens is 378 g/mol. The fourth-order valence-corrected chi connectivity index (χ4v) is 4.67. The van der Waals surface area contributed by atoms with Crippen LogP contribution in [0.5, 0.6) is 0 Å². The minimum absolute atomic E-state index is 0.225. The first-order chi connectivity index (χ1) is 13.3. The van der Waals surface area contributed by atoms with Gasteiger partial charge in [0, 0.05) is 18.8 Å². The third-order valence-corrected chi connectivity index (χ3v) is 6.40. The first-order valence-electron chi connectivity index (χ1n) is 9.14. The van der Waals surface area contributed by atoms with Gasteiger partial charge in [-0.15, -0.1) is 0 Å². The SMILES string of the molecule is CCNC(=O)C(=O)Nc1ccc2c(c1)N(S(=O)(=O)c1ccc(C)cc1)CCC2. The van der Waals surface area contributed by atoms with E-state index in [0.29, 0.717) is 30.9 Å². The summed E-state index contributed by atoms with van der Waals surface area (Å²) in [6.07, 6.45) is 1.46. The van der Waals surface area contributed by atoms with E-state index in [0.717, 1.165) is 17.5 Å². The summed E-state index contributed by atoms with van der Waals surface area (Å²) >= 11 is 0. The van der Waals surface area contributed by atoms with Crippen LogP contribution in [0.25, 0.3) is 0 Å². The van der Waals surface area contributed by atoms with Gasteiger partial charge in [0.05, 0.1) is 10.6 Å². The Morgan fingerprint density at radius 3 is 2.46 bits per heavy atom. The zero-order valence-corrected chi connectivity index (χ0v) is 16.7. The highest BCUT2D eigenvalue weighted by molar-refractivity contribution is 7.92. The Balaban J connectivity index is 1.93. The Bertz CT molecular complexity index is 1000. The first-order valence-corrected chi connectivity index (χ1v) is 10.6. The topological polar surface area (TPSA) is 95.6 Å². The quantitative estimate of drug-likeness (QED) is 0.768. The van der Waals surface area contributed by atoms with Crippen molar-refractivity contribution in [3.8, 4) is 0 Å². The van der Waals surface area contributed by atoms with Crippen LogP contribution in [0.1, 0.15) is 24.5 Å². The number of benzene rings is 2. The predicted molar refractivity (Wildman–Crippen MR) is 108 cm³/mol. The second-order valence-corrected chi connectivity index (χ2v) is 8.51. The highest BCUT2D eigenvalue weighted by atomic mass is 32.2. The molecule has 1 aliphatic heterocycles. The summed E-state index contributed by atoms with van der Waals surface area (Å²) in [6.45, 7) is 4.32. The molecule has 28 heavy (non-hydrogen) atoms. The minimum atomic E-state index is -3.72. The Labute approximate surface area is 164 Å². The van der Waals surface area contributed by atoms with E-state index in [1.807, 2.05) is 6.92 Å². The summed E-state index contributed by atoms with van der Waals surface area (Å²) in [7, 11) is -3.72. The smallest absolute Gasteiger partial charge is 0.313 e. The third-order valence-electron chi connectivity index (χ3n) is 4.57. The van der Waals surface area contributed by atoms with Gasteiger partial charge in [-0.2, -0.15) is 0 Å². The van der Waals surface area contributed by atoms with Crippen molar-refractivity contribution >= 4 is 33.2 Å². The molecule has 8 heteroatoms. The number of anilines is 2. The number of likely N-dealkylation sites (N-methyl/N-ethyl adjacent to an activating group) is 1. The Morgan fingerprint density at radius 1 is 1.07 bits per heavy atom. The molecule has 0 saturated heterocycles. The number of carbonyl (C=O) groups is 2. The largest absolute Gasteiger partial charge is 0.348 e. The van der Waals surface area contributed by atoms with Gasteiger partial charge in [-0.1, -0.05) is 23.8 Å². The molecule has 3 rings (SSSR count). The Morgan fingerprint density at radius 2 is 1.79 bits per heavy atom. The van der Waals surface area contributed by atoms with Gasteiger partial charge < -0.3 is 10.6 Å². The molecule has 2 aromatic carbocycles. The van der Waals surface area contributed by atoms with Crippen LogP contribution in [0.4, 0.5) is 11.4 Å². The lowest BCUT2D eigenvalue weighted by Crippen LogP contribution is -2.36. The lowest BCUT2D eigenvalue weighted by Gasteiger charge is -2.31. The minimum Gasteiger partial charge on any atom is -0.348 e. The molecule has 1 aliphatic rings. The number of nitrogens with zero attached hydrogens (tertiary/aromatic N) is 1. The van der Waals surface area contributed by atoms with Crippen molar-refractivity contribution in [1.29, 1.82) is 0 Å². The molecule has 7 nitrogen and oxygen atoms in total. The van der Waals surface area contributed by atoms with E-state index in [1.54, 1.807) is 49.4 Å². The number of carbonyl (C=O) groups excluding carboxylic acids is 2. The molecule has 0 fully saturated rings. The van der Waals surface area contributed by atoms with Gasteiger partial charge in [0.2, 0.25) is 0 Å². The highest BCUT2D eigenvalue weighted by Gasteiger charge is 2.29. The van der Waals surface area contributed by atoms with Crippen molar-refractivity contribution in [2.24, 2.45) is 0 Å². The lowest BCUT2D eigenvalue weighted by molar-refractivity contribution is -0.136. The normalized spacial score (nSPS) is 13.6. The predicted octanol–water partition coefficient (Wildman–Crippen LogP) is 2.21. The molecule has 2 N–H and O–H groups in total. The number of aryl methyl sites for hydroxylation is 2. The number of hydrogen-bond donors (Lipinski definition) is 2. The van der Waals surface area contributed by atoms with Crippen LogP contribution in [-0.4, -0.2) is 33.3 Å². The van der Waals surface area contributed by atoms with Crippen molar-refractivity contribution in [3.63, 3.8) is 0 Å². The summed E-state index contributed by atoms with van der Waals surface area (Å²) in [6, 6.07) is 11.8. The van der Waals surface area contributed by atoms with Crippen molar-refractivity contribution < 1.29 is 18.0 Å².